The van der Waals surface area contributed by atoms with Crippen molar-refractivity contribution in [2.45, 2.75) is 38.0 Å². The van der Waals surface area contributed by atoms with Crippen molar-refractivity contribution in [2.75, 3.05) is 5.73 Å². The molecule has 2 aliphatic rings. The number of nitrogens with zero attached hydrogens (tertiary/aromatic N) is 4. The molecule has 164 valence electrons. The summed E-state index contributed by atoms with van der Waals surface area (Å²) in [5, 5.41) is 14.5. The number of nitrogen functional groups attached to an aromatic ring is 1. The number of hydrogen-bond donors (Lipinski definition) is 2. The summed E-state index contributed by atoms with van der Waals surface area (Å²) in [5.74, 6) is -0.357. The number of halogens is 2. The number of carbonyl (C=O) groups is 1. The summed E-state index contributed by atoms with van der Waals surface area (Å²) in [4.78, 5) is 20.8. The fourth-order valence-electron chi connectivity index (χ4n) is 4.50. The summed E-state index contributed by atoms with van der Waals surface area (Å²) in [6.07, 6.45) is 11.1. The topological polar surface area (TPSA) is 106 Å². The Labute approximate surface area is 198 Å². The number of rotatable bonds is 4. The third kappa shape index (κ3) is 3.71. The third-order valence-corrected chi connectivity index (χ3v) is 7.39. The molecule has 1 saturated carbocycles. The molecule has 0 aliphatic heterocycles. The Balaban J connectivity index is 1.49. The van der Waals surface area contributed by atoms with Crippen molar-refractivity contribution in [3.63, 3.8) is 0 Å². The molecular formula is C23H21BrClN5O2. The number of nitrogens with two attached hydrogens (primary N) is 1. The van der Waals surface area contributed by atoms with Gasteiger partial charge in [-0.1, -0.05) is 23.7 Å². The van der Waals surface area contributed by atoms with Gasteiger partial charge in [0.15, 0.2) is 5.65 Å². The lowest BCUT2D eigenvalue weighted by molar-refractivity contribution is -0.142. The SMILES string of the molecule is Nc1c(Br)c([C@H]2CC[C@H](C(=O)O)CC2)nc2c(-c3ccc(C4=CCC(Cl)=C4)nc3)cnn12. The van der Waals surface area contributed by atoms with Crippen molar-refractivity contribution in [1.29, 1.82) is 0 Å². The number of carboxylic acids is 1. The highest BCUT2D eigenvalue weighted by atomic mass is 79.9. The average molecular weight is 515 g/mol. The smallest absolute Gasteiger partial charge is 0.306 e. The molecule has 0 atom stereocenters. The van der Waals surface area contributed by atoms with E-state index in [-0.39, 0.29) is 11.8 Å². The summed E-state index contributed by atoms with van der Waals surface area (Å²) in [6.45, 7) is 0. The zero-order chi connectivity index (χ0) is 22.4. The first-order valence-electron chi connectivity index (χ1n) is 10.5. The fourth-order valence-corrected chi connectivity index (χ4v) is 5.27. The van der Waals surface area contributed by atoms with Gasteiger partial charge in [0.25, 0.3) is 0 Å². The molecular weight excluding hydrogens is 494 g/mol. The van der Waals surface area contributed by atoms with E-state index in [0.717, 1.165) is 56.9 Å². The molecule has 0 spiro atoms. The van der Waals surface area contributed by atoms with Gasteiger partial charge < -0.3 is 10.8 Å². The highest BCUT2D eigenvalue weighted by molar-refractivity contribution is 9.10. The fraction of sp³-hybridized carbons (Fsp3) is 0.304. The molecule has 9 heteroatoms. The Bertz CT molecular complexity index is 1270. The molecule has 0 unspecified atom stereocenters. The Kier molecular flexibility index (Phi) is 5.51. The van der Waals surface area contributed by atoms with Gasteiger partial charge in [-0.25, -0.2) is 4.98 Å². The Morgan fingerprint density at radius 3 is 2.62 bits per heavy atom. The second-order valence-electron chi connectivity index (χ2n) is 8.26. The van der Waals surface area contributed by atoms with E-state index in [1.807, 2.05) is 24.4 Å². The van der Waals surface area contributed by atoms with Crippen LogP contribution in [0.2, 0.25) is 0 Å². The summed E-state index contributed by atoms with van der Waals surface area (Å²) < 4.78 is 2.35. The summed E-state index contributed by atoms with van der Waals surface area (Å²) >= 11 is 9.68. The van der Waals surface area contributed by atoms with E-state index in [4.69, 9.17) is 22.3 Å². The third-order valence-electron chi connectivity index (χ3n) is 6.31. The maximum Gasteiger partial charge on any atom is 0.306 e. The minimum absolute atomic E-state index is 0.154. The van der Waals surface area contributed by atoms with Gasteiger partial charge in [-0.15, -0.1) is 0 Å². The number of aliphatic carboxylic acids is 1. The van der Waals surface area contributed by atoms with Crippen molar-refractivity contribution in [2.24, 2.45) is 5.92 Å². The van der Waals surface area contributed by atoms with Gasteiger partial charge in [0.05, 0.1) is 28.0 Å². The van der Waals surface area contributed by atoms with Crippen LogP contribution in [0.1, 0.15) is 49.4 Å². The normalized spacial score (nSPS) is 20.9. The van der Waals surface area contributed by atoms with Crippen LogP contribution in [0.5, 0.6) is 0 Å². The number of aromatic nitrogens is 4. The van der Waals surface area contributed by atoms with Crippen LogP contribution >= 0.6 is 27.5 Å². The van der Waals surface area contributed by atoms with Crippen LogP contribution in [0.15, 0.2) is 46.2 Å². The molecule has 3 aromatic heterocycles. The highest BCUT2D eigenvalue weighted by Gasteiger charge is 2.30. The van der Waals surface area contributed by atoms with Crippen LogP contribution in [0.25, 0.3) is 22.3 Å². The molecule has 7 nitrogen and oxygen atoms in total. The van der Waals surface area contributed by atoms with Crippen LogP contribution in [0.3, 0.4) is 0 Å². The van der Waals surface area contributed by atoms with Crippen LogP contribution in [-0.2, 0) is 4.79 Å². The molecule has 3 aromatic rings. The van der Waals surface area contributed by atoms with Crippen molar-refractivity contribution < 1.29 is 9.90 Å². The zero-order valence-corrected chi connectivity index (χ0v) is 19.5. The molecule has 5 rings (SSSR count). The molecule has 1 fully saturated rings. The van der Waals surface area contributed by atoms with E-state index in [1.165, 1.54) is 0 Å². The van der Waals surface area contributed by atoms with Crippen molar-refractivity contribution in [3.8, 4) is 11.1 Å². The van der Waals surface area contributed by atoms with Crippen molar-refractivity contribution >= 4 is 50.5 Å². The molecule has 0 amide bonds. The number of carboxylic acid groups (broad SMARTS) is 1. The number of pyridine rings is 1. The van der Waals surface area contributed by atoms with E-state index < -0.39 is 5.97 Å². The average Bonchev–Trinajstić information content (AvgIpc) is 3.43. The van der Waals surface area contributed by atoms with Gasteiger partial charge in [-0.3, -0.25) is 9.78 Å². The van der Waals surface area contributed by atoms with Crippen LogP contribution in [0.4, 0.5) is 5.82 Å². The molecule has 32 heavy (non-hydrogen) atoms. The van der Waals surface area contributed by atoms with Gasteiger partial charge in [-0.2, -0.15) is 9.61 Å². The van der Waals surface area contributed by atoms with Crippen LogP contribution in [0, 0.1) is 5.92 Å². The zero-order valence-electron chi connectivity index (χ0n) is 17.1. The molecule has 0 aromatic carbocycles. The Hall–Kier alpha value is -2.71. The minimum atomic E-state index is -0.717. The summed E-state index contributed by atoms with van der Waals surface area (Å²) in [7, 11) is 0. The first-order chi connectivity index (χ1) is 15.4. The second-order valence-corrected chi connectivity index (χ2v) is 9.54. The number of hydrogen-bond acceptors (Lipinski definition) is 5. The minimum Gasteiger partial charge on any atom is -0.481 e. The highest BCUT2D eigenvalue weighted by Crippen LogP contribution is 2.40. The maximum atomic E-state index is 11.3. The van der Waals surface area contributed by atoms with E-state index in [1.54, 1.807) is 10.7 Å². The van der Waals surface area contributed by atoms with E-state index >= 15 is 0 Å². The summed E-state index contributed by atoms with van der Waals surface area (Å²) in [6, 6.07) is 3.96. The first-order valence-corrected chi connectivity index (χ1v) is 11.7. The Morgan fingerprint density at radius 2 is 2.00 bits per heavy atom. The van der Waals surface area contributed by atoms with Crippen molar-refractivity contribution in [3.05, 3.63) is 57.6 Å². The van der Waals surface area contributed by atoms with Crippen LogP contribution < -0.4 is 5.73 Å². The maximum absolute atomic E-state index is 11.3. The molecule has 0 bridgehead atoms. The van der Waals surface area contributed by atoms with E-state index in [9.17, 15) is 9.90 Å². The summed E-state index contributed by atoms with van der Waals surface area (Å²) in [5.41, 5.74) is 11.5. The Morgan fingerprint density at radius 1 is 1.22 bits per heavy atom. The predicted octanol–water partition coefficient (Wildman–Crippen LogP) is 5.40. The first kappa shape index (κ1) is 21.2. The van der Waals surface area contributed by atoms with Crippen molar-refractivity contribution in [1.82, 2.24) is 19.6 Å². The van der Waals surface area contributed by atoms with Crippen LogP contribution in [-0.4, -0.2) is 30.7 Å². The number of fused-ring (bicyclic) bond motifs is 1. The molecule has 0 saturated heterocycles. The van der Waals surface area contributed by atoms with E-state index in [2.05, 4.69) is 32.1 Å². The van der Waals surface area contributed by atoms with Gasteiger partial charge >= 0.3 is 5.97 Å². The molecule has 3 N–H and O–H groups in total. The van der Waals surface area contributed by atoms with Gasteiger partial charge in [0.2, 0.25) is 0 Å². The lowest BCUT2D eigenvalue weighted by atomic mass is 9.80. The molecule has 3 heterocycles. The van der Waals surface area contributed by atoms with Gasteiger partial charge in [-0.05, 0) is 59.3 Å². The largest absolute Gasteiger partial charge is 0.481 e. The number of anilines is 1. The quantitative estimate of drug-likeness (QED) is 0.482. The lowest BCUT2D eigenvalue weighted by Gasteiger charge is -2.26. The van der Waals surface area contributed by atoms with E-state index in [0.29, 0.717) is 24.3 Å². The molecule has 2 aliphatic carbocycles. The lowest BCUT2D eigenvalue weighted by Crippen LogP contribution is -2.21. The van der Waals surface area contributed by atoms with Gasteiger partial charge in [0.1, 0.15) is 5.82 Å². The second kappa shape index (κ2) is 8.33. The standard InChI is InChI=1S/C23H21BrClN5O2/c24-19-20(12-1-3-13(4-2-12)23(31)32)29-22-17(11-28-30(22)21(19)26)15-6-8-18(27-10-15)14-5-7-16(25)9-14/h5-6,8-13H,1-4,7,26H2,(H,31,32)/t12-,13-. The number of allylic oxidation sites excluding steroid dienone is 4. The monoisotopic (exact) mass is 513 g/mol. The predicted molar refractivity (Wildman–Crippen MR) is 127 cm³/mol. The van der Waals surface area contributed by atoms with Gasteiger partial charge in [0, 0.05) is 34.7 Å². The molecule has 0 radical (unpaired) electrons.